The van der Waals surface area contributed by atoms with Gasteiger partial charge in [-0.3, -0.25) is 19.7 Å². The van der Waals surface area contributed by atoms with Crippen molar-refractivity contribution < 1.29 is 22.9 Å². The summed E-state index contributed by atoms with van der Waals surface area (Å²) in [5, 5.41) is 10.2. The Morgan fingerprint density at radius 2 is 1.95 bits per heavy atom. The monoisotopic (exact) mass is 286 g/mol. The summed E-state index contributed by atoms with van der Waals surface area (Å²) >= 11 is 0. The molecule has 0 aliphatic rings. The molecule has 1 N–H and O–H groups in total. The van der Waals surface area contributed by atoms with Crippen LogP contribution in [-0.4, -0.2) is 21.9 Å². The summed E-state index contributed by atoms with van der Waals surface area (Å²) < 4.78 is 37.0. The van der Waals surface area contributed by atoms with E-state index in [1.807, 2.05) is 0 Å². The van der Waals surface area contributed by atoms with Crippen LogP contribution in [0.1, 0.15) is 10.4 Å². The van der Waals surface area contributed by atoms with E-state index < -0.39 is 38.9 Å². The van der Waals surface area contributed by atoms with Crippen LogP contribution in [0.4, 0.5) is 18.9 Å². The minimum Gasteiger partial charge on any atom is -0.360 e. The number of nitro benzene ring substituents is 1. The molecule has 0 saturated carbocycles. The number of Topliss-reactive ketones (excluding diaryl/α,β-unsaturated/α-hetero) is 1. The van der Waals surface area contributed by atoms with E-state index in [4.69, 9.17) is 0 Å². The summed E-state index contributed by atoms with van der Waals surface area (Å²) in [5.74, 6) is -2.35. The SMILES string of the molecule is O=C(c1c[nH]c2cccc([N+](=O)[O-])c2c1=O)C(F)(F)F. The molecule has 20 heavy (non-hydrogen) atoms. The molecule has 0 amide bonds. The number of non-ortho nitro benzene ring substituents is 1. The largest absolute Gasteiger partial charge is 0.455 e. The number of nitrogens with one attached hydrogen (secondary N) is 1. The van der Waals surface area contributed by atoms with Crippen molar-refractivity contribution in [3.63, 3.8) is 0 Å². The van der Waals surface area contributed by atoms with Gasteiger partial charge in [-0.15, -0.1) is 0 Å². The Balaban J connectivity index is 2.83. The molecular formula is C11H5F3N2O4. The van der Waals surface area contributed by atoms with Crippen molar-refractivity contribution in [1.29, 1.82) is 0 Å². The Morgan fingerprint density at radius 1 is 1.30 bits per heavy atom. The number of rotatable bonds is 2. The van der Waals surface area contributed by atoms with Crippen molar-refractivity contribution in [2.45, 2.75) is 6.18 Å². The van der Waals surface area contributed by atoms with Crippen molar-refractivity contribution in [3.8, 4) is 0 Å². The van der Waals surface area contributed by atoms with E-state index in [0.717, 1.165) is 6.07 Å². The van der Waals surface area contributed by atoms with E-state index in [2.05, 4.69) is 4.98 Å². The van der Waals surface area contributed by atoms with Gasteiger partial charge in [0, 0.05) is 12.3 Å². The number of hydrogen-bond donors (Lipinski definition) is 1. The first kappa shape index (κ1) is 13.7. The molecule has 104 valence electrons. The van der Waals surface area contributed by atoms with Crippen molar-refractivity contribution >= 4 is 22.4 Å². The first-order valence-electron chi connectivity index (χ1n) is 5.14. The molecular weight excluding hydrogens is 281 g/mol. The fraction of sp³-hybridized carbons (Fsp3) is 0.0909. The van der Waals surface area contributed by atoms with E-state index in [9.17, 15) is 32.9 Å². The highest BCUT2D eigenvalue weighted by Crippen LogP contribution is 2.24. The molecule has 0 aliphatic heterocycles. The number of fused-ring (bicyclic) bond motifs is 1. The molecule has 9 heteroatoms. The molecule has 0 saturated heterocycles. The van der Waals surface area contributed by atoms with Gasteiger partial charge in [-0.05, 0) is 6.07 Å². The molecule has 0 aliphatic carbocycles. The van der Waals surface area contributed by atoms with Gasteiger partial charge in [0.15, 0.2) is 0 Å². The van der Waals surface area contributed by atoms with Gasteiger partial charge in [-0.1, -0.05) is 6.07 Å². The van der Waals surface area contributed by atoms with Gasteiger partial charge in [-0.25, -0.2) is 0 Å². The number of benzene rings is 1. The van der Waals surface area contributed by atoms with Crippen LogP contribution in [0.2, 0.25) is 0 Å². The number of nitro groups is 1. The molecule has 1 heterocycles. The summed E-state index contributed by atoms with van der Waals surface area (Å²) in [4.78, 5) is 35.2. The number of alkyl halides is 3. The van der Waals surface area contributed by atoms with E-state index in [1.165, 1.54) is 12.1 Å². The molecule has 1 aromatic carbocycles. The first-order valence-corrected chi connectivity index (χ1v) is 5.14. The Labute approximate surface area is 108 Å². The van der Waals surface area contributed by atoms with Crippen LogP contribution < -0.4 is 5.43 Å². The molecule has 6 nitrogen and oxygen atoms in total. The fourth-order valence-electron chi connectivity index (χ4n) is 1.72. The van der Waals surface area contributed by atoms with Crippen LogP contribution in [0.3, 0.4) is 0 Å². The minimum absolute atomic E-state index is 0.0251. The van der Waals surface area contributed by atoms with Crippen molar-refractivity contribution in [2.75, 3.05) is 0 Å². The first-order chi connectivity index (χ1) is 9.23. The third kappa shape index (κ3) is 2.13. The van der Waals surface area contributed by atoms with Crippen molar-refractivity contribution in [3.05, 3.63) is 50.3 Å². The molecule has 0 unspecified atom stereocenters. The molecule has 1 aromatic heterocycles. The van der Waals surface area contributed by atoms with Crippen LogP contribution in [-0.2, 0) is 0 Å². The quantitative estimate of drug-likeness (QED) is 0.520. The second-order valence-corrected chi connectivity index (χ2v) is 3.82. The lowest BCUT2D eigenvalue weighted by Gasteiger charge is -2.05. The van der Waals surface area contributed by atoms with Crippen LogP contribution >= 0.6 is 0 Å². The lowest BCUT2D eigenvalue weighted by atomic mass is 10.1. The van der Waals surface area contributed by atoms with E-state index in [1.54, 1.807) is 0 Å². The number of aromatic nitrogens is 1. The lowest BCUT2D eigenvalue weighted by Crippen LogP contribution is -2.28. The van der Waals surface area contributed by atoms with E-state index in [0.29, 0.717) is 6.20 Å². The third-order valence-electron chi connectivity index (χ3n) is 2.58. The number of nitrogens with zero attached hydrogens (tertiary/aromatic N) is 1. The number of carbonyl (C=O) groups excluding carboxylic acids is 1. The molecule has 0 spiro atoms. The average Bonchev–Trinajstić information content (AvgIpc) is 2.36. The molecule has 0 fully saturated rings. The van der Waals surface area contributed by atoms with E-state index in [-0.39, 0.29) is 5.52 Å². The van der Waals surface area contributed by atoms with Crippen LogP contribution in [0.15, 0.2) is 29.2 Å². The Hall–Kier alpha value is -2.71. The fourth-order valence-corrected chi connectivity index (χ4v) is 1.72. The van der Waals surface area contributed by atoms with Crippen molar-refractivity contribution in [1.82, 2.24) is 4.98 Å². The number of pyridine rings is 1. The number of aromatic amines is 1. The number of halogens is 3. The van der Waals surface area contributed by atoms with Gasteiger partial charge in [0.1, 0.15) is 5.39 Å². The molecule has 0 bridgehead atoms. The Kier molecular flexibility index (Phi) is 3.04. The summed E-state index contributed by atoms with van der Waals surface area (Å²) in [6.45, 7) is 0. The Morgan fingerprint density at radius 3 is 2.50 bits per heavy atom. The zero-order valence-corrected chi connectivity index (χ0v) is 9.52. The standard InChI is InChI=1S/C11H5F3N2O4/c12-11(13,14)10(18)5-4-15-6-2-1-3-7(16(19)20)8(6)9(5)17/h1-4H,(H,15,17). The maximum absolute atomic E-state index is 12.3. The molecule has 0 atom stereocenters. The van der Waals surface area contributed by atoms with Crippen molar-refractivity contribution in [2.24, 2.45) is 0 Å². The van der Waals surface area contributed by atoms with Gasteiger partial charge in [0.2, 0.25) is 5.43 Å². The van der Waals surface area contributed by atoms with Crippen LogP contribution in [0, 0.1) is 10.1 Å². The van der Waals surface area contributed by atoms with E-state index >= 15 is 0 Å². The number of ketones is 1. The second-order valence-electron chi connectivity index (χ2n) is 3.82. The molecule has 0 radical (unpaired) electrons. The summed E-state index contributed by atoms with van der Waals surface area (Å²) in [7, 11) is 0. The minimum atomic E-state index is -5.23. The van der Waals surface area contributed by atoms with Crippen LogP contribution in [0.5, 0.6) is 0 Å². The topological polar surface area (TPSA) is 93.1 Å². The van der Waals surface area contributed by atoms with Gasteiger partial charge >= 0.3 is 6.18 Å². The maximum Gasteiger partial charge on any atom is 0.455 e. The predicted octanol–water partition coefficient (Wildman–Crippen LogP) is 2.18. The lowest BCUT2D eigenvalue weighted by molar-refractivity contribution is -0.383. The normalized spacial score (nSPS) is 11.6. The summed E-state index contributed by atoms with van der Waals surface area (Å²) in [5.41, 5.74) is -3.20. The second kappa shape index (κ2) is 4.44. The highest BCUT2D eigenvalue weighted by Gasteiger charge is 2.41. The number of carbonyl (C=O) groups is 1. The average molecular weight is 286 g/mol. The zero-order valence-electron chi connectivity index (χ0n) is 9.52. The summed E-state index contributed by atoms with van der Waals surface area (Å²) in [6, 6.07) is 3.52. The van der Waals surface area contributed by atoms with Gasteiger partial charge in [0.25, 0.3) is 11.5 Å². The van der Waals surface area contributed by atoms with Crippen LogP contribution in [0.25, 0.3) is 10.9 Å². The molecule has 2 aromatic rings. The zero-order chi connectivity index (χ0) is 15.1. The van der Waals surface area contributed by atoms with Gasteiger partial charge < -0.3 is 4.98 Å². The highest BCUT2D eigenvalue weighted by atomic mass is 19.4. The Bertz CT molecular complexity index is 779. The number of H-pyrrole nitrogens is 1. The highest BCUT2D eigenvalue weighted by molar-refractivity contribution is 6.03. The van der Waals surface area contributed by atoms with Gasteiger partial charge in [0.05, 0.1) is 16.0 Å². The smallest absolute Gasteiger partial charge is 0.360 e. The molecule has 2 rings (SSSR count). The third-order valence-corrected chi connectivity index (χ3v) is 2.58. The van der Waals surface area contributed by atoms with Gasteiger partial charge in [-0.2, -0.15) is 13.2 Å². The predicted molar refractivity (Wildman–Crippen MR) is 61.6 cm³/mol. The summed E-state index contributed by atoms with van der Waals surface area (Å²) in [6.07, 6.45) is -4.63. The maximum atomic E-state index is 12.3. The number of hydrogen-bond acceptors (Lipinski definition) is 4.